The minimum atomic E-state index is 0.890. The summed E-state index contributed by atoms with van der Waals surface area (Å²) in [7, 11) is 0. The molecule has 0 radical (unpaired) electrons. The number of pyridine rings is 1. The molecule has 0 saturated carbocycles. The van der Waals surface area contributed by atoms with Crippen LogP contribution in [0.25, 0.3) is 55.1 Å². The van der Waals surface area contributed by atoms with E-state index >= 15 is 0 Å². The molecule has 0 bridgehead atoms. The van der Waals surface area contributed by atoms with Gasteiger partial charge in [-0.05, 0) is 58.7 Å². The quantitative estimate of drug-likeness (QED) is 0.304. The molecule has 142 valence electrons. The van der Waals surface area contributed by atoms with Gasteiger partial charge < -0.3 is 4.42 Å². The number of aryl methyl sites for hydroxylation is 1. The number of hydrogen-bond donors (Lipinski definition) is 0. The fourth-order valence-corrected chi connectivity index (χ4v) is 4.43. The molecule has 2 aromatic heterocycles. The molecule has 6 rings (SSSR count). The summed E-state index contributed by atoms with van der Waals surface area (Å²) in [5, 5.41) is 4.80. The number of hydrogen-bond acceptors (Lipinski definition) is 2. The first kappa shape index (κ1) is 17.0. The molecular weight excluding hydrogens is 366 g/mol. The SMILES string of the molecule is Cc1cc2oc3c(-c4cc(-c5ccccc5)ccn4)cccc3c2c2ccccc12. The van der Waals surface area contributed by atoms with Crippen molar-refractivity contribution in [3.63, 3.8) is 0 Å². The average Bonchev–Trinajstić information content (AvgIpc) is 3.18. The molecule has 2 nitrogen and oxygen atoms in total. The van der Waals surface area contributed by atoms with Crippen LogP contribution in [-0.4, -0.2) is 4.98 Å². The van der Waals surface area contributed by atoms with Gasteiger partial charge in [0.05, 0.1) is 5.69 Å². The van der Waals surface area contributed by atoms with E-state index in [4.69, 9.17) is 4.42 Å². The molecule has 30 heavy (non-hydrogen) atoms. The van der Waals surface area contributed by atoms with E-state index in [0.717, 1.165) is 33.4 Å². The highest BCUT2D eigenvalue weighted by Crippen LogP contribution is 2.40. The van der Waals surface area contributed by atoms with Crippen molar-refractivity contribution in [2.45, 2.75) is 6.92 Å². The lowest BCUT2D eigenvalue weighted by atomic mass is 9.98. The van der Waals surface area contributed by atoms with Gasteiger partial charge in [-0.1, -0.05) is 66.7 Å². The van der Waals surface area contributed by atoms with Crippen LogP contribution in [0.5, 0.6) is 0 Å². The highest BCUT2D eigenvalue weighted by molar-refractivity contribution is 6.21. The van der Waals surface area contributed by atoms with E-state index in [1.807, 2.05) is 12.3 Å². The Hall–Kier alpha value is -3.91. The second kappa shape index (κ2) is 6.57. The molecule has 6 aromatic rings. The number of para-hydroxylation sites is 1. The van der Waals surface area contributed by atoms with E-state index in [1.54, 1.807) is 0 Å². The highest BCUT2D eigenvalue weighted by atomic mass is 16.3. The summed E-state index contributed by atoms with van der Waals surface area (Å²) in [6, 6.07) is 31.6. The second-order valence-electron chi connectivity index (χ2n) is 7.69. The minimum absolute atomic E-state index is 0.890. The lowest BCUT2D eigenvalue weighted by molar-refractivity contribution is 0.670. The van der Waals surface area contributed by atoms with Crippen LogP contribution in [0.15, 0.2) is 102 Å². The van der Waals surface area contributed by atoms with Crippen molar-refractivity contribution in [1.82, 2.24) is 4.98 Å². The monoisotopic (exact) mass is 385 g/mol. The smallest absolute Gasteiger partial charge is 0.144 e. The molecule has 4 aromatic carbocycles. The van der Waals surface area contributed by atoms with E-state index < -0.39 is 0 Å². The largest absolute Gasteiger partial charge is 0.455 e. The Morgan fingerprint density at radius 1 is 0.667 bits per heavy atom. The van der Waals surface area contributed by atoms with Crippen LogP contribution in [0.2, 0.25) is 0 Å². The second-order valence-corrected chi connectivity index (χ2v) is 7.69. The van der Waals surface area contributed by atoms with Gasteiger partial charge in [0.2, 0.25) is 0 Å². The maximum atomic E-state index is 6.43. The lowest BCUT2D eigenvalue weighted by Crippen LogP contribution is -1.86. The van der Waals surface area contributed by atoms with Gasteiger partial charge in [0.15, 0.2) is 0 Å². The van der Waals surface area contributed by atoms with Gasteiger partial charge >= 0.3 is 0 Å². The Labute approximate surface area is 174 Å². The number of furan rings is 1. The van der Waals surface area contributed by atoms with E-state index in [9.17, 15) is 0 Å². The standard InChI is InChI=1S/C28H19NO/c1-18-16-26-27(22-11-6-5-10-21(18)22)24-13-7-12-23(28(24)30-26)25-17-20(14-15-29-25)19-8-3-2-4-9-19/h2-17H,1H3. The fraction of sp³-hybridized carbons (Fsp3) is 0.0357. The molecule has 0 unspecified atom stereocenters. The van der Waals surface area contributed by atoms with Crippen molar-refractivity contribution < 1.29 is 4.42 Å². The van der Waals surface area contributed by atoms with Gasteiger partial charge in [-0.2, -0.15) is 0 Å². The van der Waals surface area contributed by atoms with Gasteiger partial charge in [0.1, 0.15) is 11.2 Å². The van der Waals surface area contributed by atoms with Gasteiger partial charge in [0.25, 0.3) is 0 Å². The summed E-state index contributed by atoms with van der Waals surface area (Å²) in [6.07, 6.45) is 1.87. The van der Waals surface area contributed by atoms with Crippen LogP contribution in [0.3, 0.4) is 0 Å². The molecule has 0 spiro atoms. The number of aromatic nitrogens is 1. The zero-order valence-corrected chi connectivity index (χ0v) is 16.6. The van der Waals surface area contributed by atoms with E-state index in [2.05, 4.69) is 96.8 Å². The topological polar surface area (TPSA) is 26.0 Å². The normalized spacial score (nSPS) is 11.5. The van der Waals surface area contributed by atoms with Crippen LogP contribution in [-0.2, 0) is 0 Å². The van der Waals surface area contributed by atoms with Crippen molar-refractivity contribution in [2.75, 3.05) is 0 Å². The Kier molecular flexibility index (Phi) is 3.72. The summed E-state index contributed by atoms with van der Waals surface area (Å²) in [4.78, 5) is 4.68. The third-order valence-corrected chi connectivity index (χ3v) is 5.85. The number of fused-ring (bicyclic) bond motifs is 5. The van der Waals surface area contributed by atoms with Crippen LogP contribution < -0.4 is 0 Å². The van der Waals surface area contributed by atoms with Gasteiger partial charge in [-0.25, -0.2) is 0 Å². The van der Waals surface area contributed by atoms with Crippen molar-refractivity contribution in [3.05, 3.63) is 103 Å². The first-order valence-corrected chi connectivity index (χ1v) is 10.1. The third-order valence-electron chi connectivity index (χ3n) is 5.85. The van der Waals surface area contributed by atoms with Crippen LogP contribution in [0.4, 0.5) is 0 Å². The number of rotatable bonds is 2. The zero-order chi connectivity index (χ0) is 20.1. The first-order chi connectivity index (χ1) is 14.8. The molecule has 0 atom stereocenters. The molecule has 2 heteroatoms. The van der Waals surface area contributed by atoms with Crippen molar-refractivity contribution in [1.29, 1.82) is 0 Å². The predicted octanol–water partition coefficient (Wildman–Crippen LogP) is 7.78. The molecule has 0 saturated heterocycles. The highest BCUT2D eigenvalue weighted by Gasteiger charge is 2.16. The maximum Gasteiger partial charge on any atom is 0.144 e. The van der Waals surface area contributed by atoms with Crippen molar-refractivity contribution in [2.24, 2.45) is 0 Å². The number of nitrogens with zero attached hydrogens (tertiary/aromatic N) is 1. The zero-order valence-electron chi connectivity index (χ0n) is 16.6. The Balaban J connectivity index is 1.64. The molecule has 0 aliphatic heterocycles. The summed E-state index contributed by atoms with van der Waals surface area (Å²) >= 11 is 0. The molecule has 0 aliphatic rings. The van der Waals surface area contributed by atoms with Gasteiger partial charge in [-0.15, -0.1) is 0 Å². The Bertz CT molecular complexity index is 1540. The lowest BCUT2D eigenvalue weighted by Gasteiger charge is -2.06. The summed E-state index contributed by atoms with van der Waals surface area (Å²) in [5.74, 6) is 0. The predicted molar refractivity (Wildman–Crippen MR) is 125 cm³/mol. The van der Waals surface area contributed by atoms with Crippen LogP contribution in [0, 0.1) is 6.92 Å². The average molecular weight is 385 g/mol. The third kappa shape index (κ3) is 2.54. The Morgan fingerprint density at radius 3 is 2.30 bits per heavy atom. The summed E-state index contributed by atoms with van der Waals surface area (Å²) < 4.78 is 6.43. The maximum absolute atomic E-state index is 6.43. The van der Waals surface area contributed by atoms with Gasteiger partial charge in [0, 0.05) is 22.5 Å². The minimum Gasteiger partial charge on any atom is -0.455 e. The van der Waals surface area contributed by atoms with Crippen molar-refractivity contribution >= 4 is 32.7 Å². The molecule has 0 aliphatic carbocycles. The van der Waals surface area contributed by atoms with Crippen LogP contribution >= 0.6 is 0 Å². The van der Waals surface area contributed by atoms with E-state index in [-0.39, 0.29) is 0 Å². The van der Waals surface area contributed by atoms with E-state index in [0.29, 0.717) is 0 Å². The first-order valence-electron chi connectivity index (χ1n) is 10.1. The molecule has 0 amide bonds. The van der Waals surface area contributed by atoms with E-state index in [1.165, 1.54) is 27.3 Å². The number of benzene rings is 4. The van der Waals surface area contributed by atoms with Gasteiger partial charge in [-0.3, -0.25) is 4.98 Å². The molecular formula is C28H19NO. The molecule has 2 heterocycles. The summed E-state index contributed by atoms with van der Waals surface area (Å²) in [6.45, 7) is 2.14. The summed E-state index contributed by atoms with van der Waals surface area (Å²) in [5.41, 5.74) is 7.30. The molecule has 0 fully saturated rings. The van der Waals surface area contributed by atoms with Crippen molar-refractivity contribution in [3.8, 4) is 22.4 Å². The fourth-order valence-electron chi connectivity index (χ4n) is 4.43. The molecule has 0 N–H and O–H groups in total. The van der Waals surface area contributed by atoms with Crippen LogP contribution in [0.1, 0.15) is 5.56 Å². The Morgan fingerprint density at radius 2 is 1.43 bits per heavy atom.